The number of nitrogens with zero attached hydrogens (tertiary/aromatic N) is 2. The lowest BCUT2D eigenvalue weighted by molar-refractivity contribution is 0.594. The van der Waals surface area contributed by atoms with E-state index >= 15 is 0 Å². The summed E-state index contributed by atoms with van der Waals surface area (Å²) in [6, 6.07) is 3.56. The average Bonchev–Trinajstić information content (AvgIpc) is 2.92. The molecule has 0 fully saturated rings. The Morgan fingerprint density at radius 1 is 1.33 bits per heavy atom. The average molecular weight is 366 g/mol. The topological polar surface area (TPSA) is 63.5 Å². The molecule has 0 unspecified atom stereocenters. The quantitative estimate of drug-likeness (QED) is 0.770. The van der Waals surface area contributed by atoms with Gasteiger partial charge in [-0.25, -0.2) is 9.37 Å². The van der Waals surface area contributed by atoms with Gasteiger partial charge in [-0.2, -0.15) is 8.42 Å². The Labute approximate surface area is 133 Å². The predicted octanol–water partition coefficient (Wildman–Crippen LogP) is 3.64. The van der Waals surface area contributed by atoms with Crippen LogP contribution in [0.4, 0.5) is 10.1 Å². The molecule has 0 amide bonds. The molecule has 0 atom stereocenters. The van der Waals surface area contributed by atoms with Crippen LogP contribution in [0.25, 0.3) is 4.96 Å². The van der Waals surface area contributed by atoms with Gasteiger partial charge in [-0.1, -0.05) is 23.2 Å². The highest BCUT2D eigenvalue weighted by atomic mass is 35.5. The molecule has 0 saturated carbocycles. The number of sulfonamides is 1. The van der Waals surface area contributed by atoms with Crippen LogP contribution in [0.3, 0.4) is 0 Å². The first-order chi connectivity index (χ1) is 9.88. The van der Waals surface area contributed by atoms with Gasteiger partial charge in [0.2, 0.25) is 0 Å². The molecule has 0 spiro atoms. The number of anilines is 1. The minimum Gasteiger partial charge on any atom is -0.278 e. The molecule has 21 heavy (non-hydrogen) atoms. The molecule has 0 aliphatic rings. The monoisotopic (exact) mass is 365 g/mol. The van der Waals surface area contributed by atoms with Gasteiger partial charge in [0.25, 0.3) is 10.0 Å². The second-order valence-electron chi connectivity index (χ2n) is 3.99. The molecule has 1 aromatic carbocycles. The van der Waals surface area contributed by atoms with Crippen LogP contribution in [0.5, 0.6) is 0 Å². The summed E-state index contributed by atoms with van der Waals surface area (Å²) in [7, 11) is -4.11. The molecule has 0 saturated heterocycles. The summed E-state index contributed by atoms with van der Waals surface area (Å²) in [5.41, 5.74) is -0.260. The van der Waals surface area contributed by atoms with Crippen LogP contribution in [0.2, 0.25) is 10.2 Å². The van der Waals surface area contributed by atoms with Gasteiger partial charge in [0, 0.05) is 16.6 Å². The van der Waals surface area contributed by atoms with Gasteiger partial charge in [-0.05, 0) is 18.2 Å². The lowest BCUT2D eigenvalue weighted by Crippen LogP contribution is -2.16. The summed E-state index contributed by atoms with van der Waals surface area (Å²) in [6.45, 7) is 0. The van der Waals surface area contributed by atoms with Gasteiger partial charge in [-0.3, -0.25) is 9.12 Å². The van der Waals surface area contributed by atoms with Crippen molar-refractivity contribution in [2.24, 2.45) is 0 Å². The third-order valence-electron chi connectivity index (χ3n) is 2.61. The zero-order valence-electron chi connectivity index (χ0n) is 10.0. The van der Waals surface area contributed by atoms with E-state index in [1.165, 1.54) is 34.1 Å². The third-order valence-corrected chi connectivity index (χ3v) is 5.36. The Morgan fingerprint density at radius 3 is 2.86 bits per heavy atom. The second-order valence-corrected chi connectivity index (χ2v) is 7.26. The zero-order chi connectivity index (χ0) is 15.2. The smallest absolute Gasteiger partial charge is 0.278 e. The molecule has 0 aliphatic heterocycles. The molecule has 2 heterocycles. The number of hydrogen-bond acceptors (Lipinski definition) is 4. The summed E-state index contributed by atoms with van der Waals surface area (Å²) in [5, 5.41) is 1.43. The molecular weight excluding hydrogens is 360 g/mol. The van der Waals surface area contributed by atoms with E-state index < -0.39 is 15.8 Å². The standard InChI is InChI=1S/C11H6Cl2FN3O2S2/c12-6-1-2-7(14)8(5-6)16-21(18,19)10-9(13)15-11-17(10)3-4-20-11/h1-5,16H. The van der Waals surface area contributed by atoms with E-state index in [1.807, 2.05) is 0 Å². The number of benzene rings is 1. The van der Waals surface area contributed by atoms with E-state index in [0.29, 0.717) is 4.96 Å². The van der Waals surface area contributed by atoms with Gasteiger partial charge in [-0.15, -0.1) is 11.3 Å². The van der Waals surface area contributed by atoms with E-state index in [1.54, 1.807) is 5.38 Å². The van der Waals surface area contributed by atoms with Crippen molar-refractivity contribution in [3.05, 3.63) is 45.8 Å². The molecule has 0 radical (unpaired) electrons. The molecule has 1 N–H and O–H groups in total. The second kappa shape index (κ2) is 5.13. The van der Waals surface area contributed by atoms with E-state index in [2.05, 4.69) is 9.71 Å². The number of halogens is 3. The lowest BCUT2D eigenvalue weighted by Gasteiger charge is -2.08. The maximum atomic E-state index is 13.7. The Balaban J connectivity index is 2.10. The largest absolute Gasteiger partial charge is 0.281 e. The van der Waals surface area contributed by atoms with E-state index in [4.69, 9.17) is 23.2 Å². The normalized spacial score (nSPS) is 12.0. The fourth-order valence-corrected chi connectivity index (χ4v) is 4.43. The van der Waals surface area contributed by atoms with Crippen LogP contribution in [0.15, 0.2) is 34.8 Å². The number of imidazole rings is 1. The number of hydrogen-bond donors (Lipinski definition) is 1. The van der Waals surface area contributed by atoms with E-state index in [0.717, 1.165) is 6.07 Å². The number of aromatic nitrogens is 2. The van der Waals surface area contributed by atoms with E-state index in [-0.39, 0.29) is 20.9 Å². The first kappa shape index (κ1) is 14.6. The minimum absolute atomic E-state index is 0.184. The van der Waals surface area contributed by atoms with E-state index in [9.17, 15) is 12.8 Å². The molecular formula is C11H6Cl2FN3O2S2. The Bertz CT molecular complexity index is 936. The van der Waals surface area contributed by atoms with Crippen LogP contribution < -0.4 is 4.72 Å². The Hall–Kier alpha value is -1.35. The van der Waals surface area contributed by atoms with Crippen LogP contribution in [-0.4, -0.2) is 17.8 Å². The van der Waals surface area contributed by atoms with Crippen molar-refractivity contribution in [1.82, 2.24) is 9.38 Å². The van der Waals surface area contributed by atoms with Crippen molar-refractivity contribution in [2.45, 2.75) is 5.03 Å². The van der Waals surface area contributed by atoms with Crippen molar-refractivity contribution < 1.29 is 12.8 Å². The molecule has 0 bridgehead atoms. The van der Waals surface area contributed by atoms with Crippen molar-refractivity contribution in [2.75, 3.05) is 4.72 Å². The zero-order valence-corrected chi connectivity index (χ0v) is 13.2. The van der Waals surface area contributed by atoms with Crippen LogP contribution in [-0.2, 0) is 10.0 Å². The fraction of sp³-hybridized carbons (Fsp3) is 0. The summed E-state index contributed by atoms with van der Waals surface area (Å²) in [5.74, 6) is -0.745. The van der Waals surface area contributed by atoms with Crippen LogP contribution in [0.1, 0.15) is 0 Å². The van der Waals surface area contributed by atoms with Crippen LogP contribution >= 0.6 is 34.5 Å². The Kier molecular flexibility index (Phi) is 3.56. The summed E-state index contributed by atoms with van der Waals surface area (Å²) in [4.78, 5) is 4.35. The molecule has 3 rings (SSSR count). The van der Waals surface area contributed by atoms with Gasteiger partial charge in [0.15, 0.2) is 15.1 Å². The Morgan fingerprint density at radius 2 is 2.10 bits per heavy atom. The molecule has 10 heteroatoms. The van der Waals surface area contributed by atoms with Gasteiger partial charge in [0.05, 0.1) is 5.69 Å². The molecule has 0 aliphatic carbocycles. The third kappa shape index (κ3) is 2.59. The number of fused-ring (bicyclic) bond motifs is 1. The van der Waals surface area contributed by atoms with Crippen LogP contribution in [0, 0.1) is 5.82 Å². The first-order valence-corrected chi connectivity index (χ1v) is 8.59. The van der Waals surface area contributed by atoms with Gasteiger partial charge in [0.1, 0.15) is 5.82 Å². The molecule has 3 aromatic rings. The van der Waals surface area contributed by atoms with Gasteiger partial charge >= 0.3 is 0 Å². The highest BCUT2D eigenvalue weighted by Crippen LogP contribution is 2.28. The van der Waals surface area contributed by atoms with Crippen molar-refractivity contribution in [3.8, 4) is 0 Å². The van der Waals surface area contributed by atoms with Crippen molar-refractivity contribution in [3.63, 3.8) is 0 Å². The molecule has 2 aromatic heterocycles. The lowest BCUT2D eigenvalue weighted by atomic mass is 10.3. The molecule has 5 nitrogen and oxygen atoms in total. The first-order valence-electron chi connectivity index (χ1n) is 5.47. The minimum atomic E-state index is -4.11. The highest BCUT2D eigenvalue weighted by molar-refractivity contribution is 7.92. The predicted molar refractivity (Wildman–Crippen MR) is 80.3 cm³/mol. The highest BCUT2D eigenvalue weighted by Gasteiger charge is 2.26. The summed E-state index contributed by atoms with van der Waals surface area (Å²) < 4.78 is 41.9. The summed E-state index contributed by atoms with van der Waals surface area (Å²) in [6.07, 6.45) is 1.52. The summed E-state index contributed by atoms with van der Waals surface area (Å²) >= 11 is 12.8. The fourth-order valence-electron chi connectivity index (χ4n) is 1.75. The van der Waals surface area contributed by atoms with Gasteiger partial charge < -0.3 is 0 Å². The maximum absolute atomic E-state index is 13.7. The number of thiazole rings is 1. The number of rotatable bonds is 3. The van der Waals surface area contributed by atoms with Crippen molar-refractivity contribution in [1.29, 1.82) is 0 Å². The van der Waals surface area contributed by atoms with Crippen molar-refractivity contribution >= 4 is 55.2 Å². The SMILES string of the molecule is O=S(=O)(Nc1cc(Cl)ccc1F)c1c(Cl)nc2sccn12. The number of nitrogens with one attached hydrogen (secondary N) is 1. The maximum Gasteiger partial charge on any atom is 0.281 e. The molecule has 110 valence electrons.